The van der Waals surface area contributed by atoms with Gasteiger partial charge in [0, 0.05) is 68.1 Å². The Morgan fingerprint density at radius 1 is 1.12 bits per heavy atom. The molecule has 0 N–H and O–H groups in total. The minimum atomic E-state index is -3.32. The van der Waals surface area contributed by atoms with Crippen molar-refractivity contribution in [1.29, 1.82) is 0 Å². The van der Waals surface area contributed by atoms with Gasteiger partial charge < -0.3 is 9.64 Å². The molecule has 1 saturated heterocycles. The van der Waals surface area contributed by atoms with E-state index in [1.807, 2.05) is 19.1 Å². The highest BCUT2D eigenvalue weighted by Crippen LogP contribution is 2.27. The number of hydrogen-bond acceptors (Lipinski definition) is 7. The third-order valence-electron chi connectivity index (χ3n) is 5.55. The summed E-state index contributed by atoms with van der Waals surface area (Å²) >= 11 is 6.42. The predicted molar refractivity (Wildman–Crippen MR) is 133 cm³/mol. The van der Waals surface area contributed by atoms with Crippen molar-refractivity contribution in [1.82, 2.24) is 14.5 Å². The first-order chi connectivity index (χ1) is 16.2. The third kappa shape index (κ3) is 5.48. The van der Waals surface area contributed by atoms with Crippen molar-refractivity contribution in [3.05, 3.63) is 75.9 Å². The van der Waals surface area contributed by atoms with Crippen molar-refractivity contribution in [3.8, 4) is 11.4 Å². The molecule has 0 saturated carbocycles. The topological polar surface area (TPSA) is 94.4 Å². The number of ether oxygens (including phenoxy) is 1. The normalized spacial score (nSPS) is 15.1. The smallest absolute Gasteiger partial charge is 0.258 e. The first-order valence-electron chi connectivity index (χ1n) is 10.8. The molecule has 1 fully saturated rings. The van der Waals surface area contributed by atoms with Crippen LogP contribution in [-0.4, -0.2) is 48.4 Å². The number of aromatic nitrogens is 3. The second-order valence-electron chi connectivity index (χ2n) is 8.08. The molecule has 3 aromatic rings. The van der Waals surface area contributed by atoms with Gasteiger partial charge in [-0.2, -0.15) is 0 Å². The molecule has 2 aromatic heterocycles. The SMILES string of the molecule is CC=Cc1cnc(N2CCC(Oc3cc(=O)n(-c4ccc(S(C)(=O)=O)cc4)cc3Cl)CC2)nc1. The molecule has 34 heavy (non-hydrogen) atoms. The van der Waals surface area contributed by atoms with Gasteiger partial charge in [0.2, 0.25) is 5.95 Å². The van der Waals surface area contributed by atoms with Gasteiger partial charge in [-0.15, -0.1) is 0 Å². The van der Waals surface area contributed by atoms with Crippen LogP contribution >= 0.6 is 11.6 Å². The summed E-state index contributed by atoms with van der Waals surface area (Å²) in [6.45, 7) is 3.41. The number of halogens is 1. The van der Waals surface area contributed by atoms with Crippen LogP contribution in [0.5, 0.6) is 5.75 Å². The van der Waals surface area contributed by atoms with E-state index in [1.54, 1.807) is 24.5 Å². The van der Waals surface area contributed by atoms with Gasteiger partial charge in [0.05, 0.1) is 9.92 Å². The Morgan fingerprint density at radius 3 is 2.35 bits per heavy atom. The second kappa shape index (κ2) is 9.99. The molecule has 0 atom stereocenters. The zero-order valence-electron chi connectivity index (χ0n) is 18.9. The van der Waals surface area contributed by atoms with Gasteiger partial charge in [-0.05, 0) is 31.2 Å². The van der Waals surface area contributed by atoms with Crippen LogP contribution in [0.1, 0.15) is 25.3 Å². The van der Waals surface area contributed by atoms with E-state index in [4.69, 9.17) is 16.3 Å². The van der Waals surface area contributed by atoms with E-state index in [1.165, 1.54) is 29.0 Å². The Labute approximate surface area is 203 Å². The minimum Gasteiger partial charge on any atom is -0.488 e. The number of pyridine rings is 1. The quantitative estimate of drug-likeness (QED) is 0.508. The van der Waals surface area contributed by atoms with Gasteiger partial charge in [0.1, 0.15) is 11.9 Å². The van der Waals surface area contributed by atoms with E-state index in [9.17, 15) is 13.2 Å². The molecule has 0 amide bonds. The van der Waals surface area contributed by atoms with Crippen molar-refractivity contribution in [2.24, 2.45) is 0 Å². The lowest BCUT2D eigenvalue weighted by atomic mass is 10.1. The fraction of sp³-hybridized carbons (Fsp3) is 0.292. The summed E-state index contributed by atoms with van der Waals surface area (Å²) < 4.78 is 30.7. The van der Waals surface area contributed by atoms with E-state index in [0.717, 1.165) is 37.8 Å². The molecule has 10 heteroatoms. The zero-order chi connectivity index (χ0) is 24.3. The minimum absolute atomic E-state index is 0.0830. The first-order valence-corrected chi connectivity index (χ1v) is 13.1. The summed E-state index contributed by atoms with van der Waals surface area (Å²) in [6.07, 6.45) is 11.5. The Hall–Kier alpha value is -3.17. The maximum absolute atomic E-state index is 12.7. The summed E-state index contributed by atoms with van der Waals surface area (Å²) in [6, 6.07) is 7.42. The fourth-order valence-electron chi connectivity index (χ4n) is 3.76. The van der Waals surface area contributed by atoms with E-state index >= 15 is 0 Å². The van der Waals surface area contributed by atoms with Crippen LogP contribution in [0.15, 0.2) is 64.7 Å². The predicted octanol–water partition coefficient (Wildman–Crippen LogP) is 3.77. The van der Waals surface area contributed by atoms with E-state index in [0.29, 0.717) is 22.4 Å². The zero-order valence-corrected chi connectivity index (χ0v) is 20.5. The molecule has 0 radical (unpaired) electrons. The Kier molecular flexibility index (Phi) is 7.04. The van der Waals surface area contributed by atoms with Crippen LogP contribution in [0.3, 0.4) is 0 Å². The summed E-state index contributed by atoms with van der Waals surface area (Å²) in [5.41, 5.74) is 1.15. The summed E-state index contributed by atoms with van der Waals surface area (Å²) in [5, 5.41) is 0.303. The number of allylic oxidation sites excluding steroid dienone is 1. The standard InChI is InChI=1S/C24H25ClN4O4S/c1-3-4-17-14-26-24(27-15-17)28-11-9-19(10-12-28)33-22-13-23(30)29(16-21(22)25)18-5-7-20(8-6-18)34(2,31)32/h3-8,13-16,19H,9-12H2,1-2H3. The van der Waals surface area contributed by atoms with Crippen LogP contribution in [0, 0.1) is 0 Å². The fourth-order valence-corrected chi connectivity index (χ4v) is 4.59. The van der Waals surface area contributed by atoms with Crippen LogP contribution in [0.25, 0.3) is 11.8 Å². The maximum atomic E-state index is 12.7. The lowest BCUT2D eigenvalue weighted by Gasteiger charge is -2.32. The lowest BCUT2D eigenvalue weighted by molar-refractivity contribution is 0.170. The summed E-state index contributed by atoms with van der Waals surface area (Å²) in [4.78, 5) is 23.9. The molecule has 1 aliphatic heterocycles. The molecule has 1 aliphatic rings. The van der Waals surface area contributed by atoms with E-state index in [2.05, 4.69) is 14.9 Å². The molecular formula is C24H25ClN4O4S. The number of piperidine rings is 1. The molecule has 0 spiro atoms. The van der Waals surface area contributed by atoms with Gasteiger partial charge >= 0.3 is 0 Å². The molecule has 178 valence electrons. The highest BCUT2D eigenvalue weighted by atomic mass is 35.5. The highest BCUT2D eigenvalue weighted by molar-refractivity contribution is 7.90. The van der Waals surface area contributed by atoms with Crippen molar-refractivity contribution < 1.29 is 13.2 Å². The maximum Gasteiger partial charge on any atom is 0.258 e. The first kappa shape index (κ1) is 24.0. The van der Waals surface area contributed by atoms with Crippen molar-refractivity contribution >= 4 is 33.5 Å². The van der Waals surface area contributed by atoms with Gasteiger partial charge in [0.15, 0.2) is 9.84 Å². The van der Waals surface area contributed by atoms with Crippen molar-refractivity contribution in [2.45, 2.75) is 30.8 Å². The van der Waals surface area contributed by atoms with E-state index in [-0.39, 0.29) is 16.6 Å². The number of benzene rings is 1. The Bertz CT molecular complexity index is 1350. The number of hydrogen-bond donors (Lipinski definition) is 0. The largest absolute Gasteiger partial charge is 0.488 e. The average Bonchev–Trinajstić information content (AvgIpc) is 2.82. The van der Waals surface area contributed by atoms with Crippen LogP contribution in [-0.2, 0) is 9.84 Å². The highest BCUT2D eigenvalue weighted by Gasteiger charge is 2.23. The number of sulfone groups is 1. The molecule has 4 rings (SSSR count). The molecule has 0 aliphatic carbocycles. The second-order valence-corrected chi connectivity index (χ2v) is 10.5. The Balaban J connectivity index is 1.42. The molecular weight excluding hydrogens is 476 g/mol. The monoisotopic (exact) mass is 500 g/mol. The van der Waals surface area contributed by atoms with Crippen LogP contribution in [0.2, 0.25) is 5.02 Å². The summed E-state index contributed by atoms with van der Waals surface area (Å²) in [7, 11) is -3.32. The van der Waals surface area contributed by atoms with Gasteiger partial charge in [-0.1, -0.05) is 23.8 Å². The van der Waals surface area contributed by atoms with Crippen LogP contribution in [0.4, 0.5) is 5.95 Å². The Morgan fingerprint density at radius 2 is 1.76 bits per heavy atom. The van der Waals surface area contributed by atoms with E-state index < -0.39 is 9.84 Å². The van der Waals surface area contributed by atoms with Gasteiger partial charge in [-0.3, -0.25) is 9.36 Å². The van der Waals surface area contributed by atoms with Crippen molar-refractivity contribution in [2.75, 3.05) is 24.2 Å². The summed E-state index contributed by atoms with van der Waals surface area (Å²) in [5.74, 6) is 1.02. The molecule has 8 nitrogen and oxygen atoms in total. The molecule has 3 heterocycles. The number of nitrogens with zero attached hydrogens (tertiary/aromatic N) is 4. The average molecular weight is 501 g/mol. The van der Waals surface area contributed by atoms with Crippen molar-refractivity contribution in [3.63, 3.8) is 0 Å². The molecule has 0 bridgehead atoms. The molecule has 1 aromatic carbocycles. The van der Waals surface area contributed by atoms with Gasteiger partial charge in [-0.25, -0.2) is 18.4 Å². The van der Waals surface area contributed by atoms with Crippen LogP contribution < -0.4 is 15.2 Å². The molecule has 0 unspecified atom stereocenters. The number of rotatable bonds is 6. The lowest BCUT2D eigenvalue weighted by Crippen LogP contribution is -2.39. The van der Waals surface area contributed by atoms with Gasteiger partial charge in [0.25, 0.3) is 5.56 Å². The third-order valence-corrected chi connectivity index (χ3v) is 6.96. The number of anilines is 1.